The molecule has 0 aromatic carbocycles. The highest BCUT2D eigenvalue weighted by molar-refractivity contribution is 5.97. The second-order valence-corrected chi connectivity index (χ2v) is 5.70. The fraction of sp³-hybridized carbons (Fsp3) is 0.600. The Morgan fingerprint density at radius 3 is 2.67 bits per heavy atom. The van der Waals surface area contributed by atoms with Crippen LogP contribution in [-0.4, -0.2) is 53.5 Å². The second-order valence-electron chi connectivity index (χ2n) is 5.70. The second kappa shape index (κ2) is 5.87. The van der Waals surface area contributed by atoms with Crippen LogP contribution in [0.2, 0.25) is 0 Å². The first-order chi connectivity index (χ1) is 10.2. The third kappa shape index (κ3) is 2.80. The minimum atomic E-state index is -1.14. The van der Waals surface area contributed by atoms with Gasteiger partial charge >= 0.3 is 0 Å². The van der Waals surface area contributed by atoms with E-state index < -0.39 is 12.2 Å². The van der Waals surface area contributed by atoms with Crippen molar-refractivity contribution in [3.05, 3.63) is 24.2 Å². The molecule has 0 radical (unpaired) electrons. The predicted octanol–water partition coefficient (Wildman–Crippen LogP) is 1.84. The van der Waals surface area contributed by atoms with Gasteiger partial charge in [0.2, 0.25) is 5.91 Å². The van der Waals surface area contributed by atoms with Crippen molar-refractivity contribution >= 4 is 11.8 Å². The number of piperidine rings is 1. The maximum absolute atomic E-state index is 13.8. The molecule has 1 aromatic rings. The van der Waals surface area contributed by atoms with E-state index >= 15 is 0 Å². The molecule has 2 atom stereocenters. The Morgan fingerprint density at radius 2 is 2.00 bits per heavy atom. The fourth-order valence-electron chi connectivity index (χ4n) is 3.12. The lowest BCUT2D eigenvalue weighted by Gasteiger charge is -2.32. The molecule has 2 fully saturated rings. The first kappa shape index (κ1) is 14.1. The number of amides is 2. The zero-order chi connectivity index (χ0) is 14.8. The van der Waals surface area contributed by atoms with Crippen LogP contribution in [0.1, 0.15) is 36.0 Å². The summed E-state index contributed by atoms with van der Waals surface area (Å²) in [4.78, 5) is 28.1. The quantitative estimate of drug-likeness (QED) is 0.836. The number of carbonyl (C=O) groups is 2. The van der Waals surface area contributed by atoms with Gasteiger partial charge in [-0.3, -0.25) is 9.59 Å². The molecule has 0 spiro atoms. The highest BCUT2D eigenvalue weighted by Crippen LogP contribution is 2.25. The summed E-state index contributed by atoms with van der Waals surface area (Å²) in [7, 11) is 0. The van der Waals surface area contributed by atoms with Crippen LogP contribution in [0.3, 0.4) is 0 Å². The monoisotopic (exact) mass is 294 g/mol. The van der Waals surface area contributed by atoms with Gasteiger partial charge in [0.05, 0.1) is 18.4 Å². The van der Waals surface area contributed by atoms with Crippen molar-refractivity contribution < 1.29 is 18.4 Å². The molecule has 0 bridgehead atoms. The highest BCUT2D eigenvalue weighted by atomic mass is 19.1. The number of hydrogen-bond acceptors (Lipinski definition) is 3. The molecular formula is C15H19FN2O3. The summed E-state index contributed by atoms with van der Waals surface area (Å²) in [5, 5.41) is 0. The van der Waals surface area contributed by atoms with Crippen LogP contribution < -0.4 is 0 Å². The Hall–Kier alpha value is -1.85. The summed E-state index contributed by atoms with van der Waals surface area (Å²) in [6.45, 7) is 1.40. The van der Waals surface area contributed by atoms with Gasteiger partial charge in [0.15, 0.2) is 0 Å². The molecule has 2 saturated heterocycles. The SMILES string of the molecule is O=C([C@@H]1C[C@H](F)CN1C(=O)c1ccoc1)N1CCCCC1. The number of rotatable bonds is 2. The summed E-state index contributed by atoms with van der Waals surface area (Å²) in [6, 6.07) is 0.858. The fourth-order valence-corrected chi connectivity index (χ4v) is 3.12. The van der Waals surface area contributed by atoms with Gasteiger partial charge in [-0.15, -0.1) is 0 Å². The van der Waals surface area contributed by atoms with Crippen LogP contribution in [0, 0.1) is 0 Å². The van der Waals surface area contributed by atoms with Crippen molar-refractivity contribution in [3.8, 4) is 0 Å². The number of halogens is 1. The van der Waals surface area contributed by atoms with Crippen LogP contribution in [0.25, 0.3) is 0 Å². The van der Waals surface area contributed by atoms with Gasteiger partial charge in [0, 0.05) is 19.5 Å². The van der Waals surface area contributed by atoms with Crippen LogP contribution in [0.4, 0.5) is 4.39 Å². The summed E-state index contributed by atoms with van der Waals surface area (Å²) < 4.78 is 18.7. The zero-order valence-corrected chi connectivity index (χ0v) is 11.8. The van der Waals surface area contributed by atoms with Crippen molar-refractivity contribution in [2.45, 2.75) is 37.9 Å². The lowest BCUT2D eigenvalue weighted by molar-refractivity contribution is -0.136. The van der Waals surface area contributed by atoms with E-state index in [4.69, 9.17) is 4.42 Å². The van der Waals surface area contributed by atoms with Crippen molar-refractivity contribution in [2.24, 2.45) is 0 Å². The third-order valence-corrected chi connectivity index (χ3v) is 4.23. The van der Waals surface area contributed by atoms with E-state index in [0.717, 1.165) is 19.3 Å². The molecule has 21 heavy (non-hydrogen) atoms. The van der Waals surface area contributed by atoms with Crippen molar-refractivity contribution in [1.29, 1.82) is 0 Å². The van der Waals surface area contributed by atoms with Gasteiger partial charge in [-0.25, -0.2) is 4.39 Å². The molecule has 0 unspecified atom stereocenters. The largest absolute Gasteiger partial charge is 0.472 e. The van der Waals surface area contributed by atoms with Crippen LogP contribution in [0.15, 0.2) is 23.0 Å². The van der Waals surface area contributed by atoms with E-state index in [-0.39, 0.29) is 24.8 Å². The number of nitrogens with zero attached hydrogens (tertiary/aromatic N) is 2. The number of likely N-dealkylation sites (tertiary alicyclic amines) is 2. The van der Waals surface area contributed by atoms with Gasteiger partial charge in [0.1, 0.15) is 18.5 Å². The lowest BCUT2D eigenvalue weighted by Crippen LogP contribution is -2.49. The molecule has 6 heteroatoms. The van der Waals surface area contributed by atoms with E-state index in [2.05, 4.69) is 0 Å². The number of alkyl halides is 1. The zero-order valence-electron chi connectivity index (χ0n) is 11.8. The normalized spacial score (nSPS) is 26.1. The van der Waals surface area contributed by atoms with E-state index in [0.29, 0.717) is 18.7 Å². The van der Waals surface area contributed by atoms with E-state index in [1.54, 1.807) is 4.90 Å². The maximum atomic E-state index is 13.8. The van der Waals surface area contributed by atoms with Crippen molar-refractivity contribution in [2.75, 3.05) is 19.6 Å². The van der Waals surface area contributed by atoms with E-state index in [1.165, 1.54) is 23.5 Å². The minimum Gasteiger partial charge on any atom is -0.472 e. The molecule has 0 saturated carbocycles. The van der Waals surface area contributed by atoms with E-state index in [9.17, 15) is 14.0 Å². The Balaban J connectivity index is 1.75. The summed E-state index contributed by atoms with van der Waals surface area (Å²) in [5.74, 6) is -0.453. The Labute approximate surface area is 122 Å². The molecule has 2 aliphatic rings. The summed E-state index contributed by atoms with van der Waals surface area (Å²) >= 11 is 0. The van der Waals surface area contributed by atoms with Gasteiger partial charge in [-0.2, -0.15) is 0 Å². The maximum Gasteiger partial charge on any atom is 0.257 e. The van der Waals surface area contributed by atoms with Crippen LogP contribution >= 0.6 is 0 Å². The standard InChI is InChI=1S/C15H19FN2O3/c16-12-8-13(15(20)17-5-2-1-3-6-17)18(9-12)14(19)11-4-7-21-10-11/h4,7,10,12-13H,1-3,5-6,8-9H2/t12-,13-/m0/s1. The Morgan fingerprint density at radius 1 is 1.24 bits per heavy atom. The molecule has 1 aromatic heterocycles. The van der Waals surface area contributed by atoms with Crippen molar-refractivity contribution in [3.63, 3.8) is 0 Å². The molecule has 2 aliphatic heterocycles. The topological polar surface area (TPSA) is 53.8 Å². The molecule has 5 nitrogen and oxygen atoms in total. The number of carbonyl (C=O) groups excluding carboxylic acids is 2. The average Bonchev–Trinajstić information content (AvgIpc) is 3.16. The minimum absolute atomic E-state index is 0.0196. The highest BCUT2D eigenvalue weighted by Gasteiger charge is 2.42. The van der Waals surface area contributed by atoms with Crippen LogP contribution in [-0.2, 0) is 4.79 Å². The Bertz CT molecular complexity index is 511. The van der Waals surface area contributed by atoms with Gasteiger partial charge in [-0.05, 0) is 25.3 Å². The van der Waals surface area contributed by atoms with Gasteiger partial charge < -0.3 is 14.2 Å². The molecule has 0 aliphatic carbocycles. The van der Waals surface area contributed by atoms with Gasteiger partial charge in [-0.1, -0.05) is 0 Å². The van der Waals surface area contributed by atoms with Gasteiger partial charge in [0.25, 0.3) is 5.91 Å². The lowest BCUT2D eigenvalue weighted by atomic mass is 10.1. The molecule has 2 amide bonds. The number of hydrogen-bond donors (Lipinski definition) is 0. The first-order valence-corrected chi connectivity index (χ1v) is 7.43. The molecule has 0 N–H and O–H groups in total. The summed E-state index contributed by atoms with van der Waals surface area (Å²) in [6.07, 6.45) is 4.77. The number of furan rings is 1. The first-order valence-electron chi connectivity index (χ1n) is 7.43. The molecular weight excluding hydrogens is 275 g/mol. The van der Waals surface area contributed by atoms with Crippen molar-refractivity contribution in [1.82, 2.24) is 9.80 Å². The van der Waals surface area contributed by atoms with E-state index in [1.807, 2.05) is 0 Å². The average molecular weight is 294 g/mol. The predicted molar refractivity (Wildman–Crippen MR) is 73.5 cm³/mol. The third-order valence-electron chi connectivity index (χ3n) is 4.23. The molecule has 3 rings (SSSR count). The summed E-state index contributed by atoms with van der Waals surface area (Å²) in [5.41, 5.74) is 0.362. The Kier molecular flexibility index (Phi) is 3.94. The smallest absolute Gasteiger partial charge is 0.257 e. The molecule has 114 valence electrons. The van der Waals surface area contributed by atoms with Crippen LogP contribution in [0.5, 0.6) is 0 Å². The molecule has 3 heterocycles.